The predicted octanol–water partition coefficient (Wildman–Crippen LogP) is 3.03. The van der Waals surface area contributed by atoms with Gasteiger partial charge in [-0.1, -0.05) is 0 Å². The summed E-state index contributed by atoms with van der Waals surface area (Å²) in [4.78, 5) is 0. The average molecular weight is 261 g/mol. The van der Waals surface area contributed by atoms with Crippen LogP contribution in [0.4, 0.5) is 0 Å². The lowest BCUT2D eigenvalue weighted by Gasteiger charge is -2.20. The molecule has 2 heterocycles. The van der Waals surface area contributed by atoms with E-state index in [2.05, 4.69) is 37.3 Å². The predicted molar refractivity (Wildman–Crippen MR) is 76.1 cm³/mol. The van der Waals surface area contributed by atoms with E-state index in [1.54, 1.807) is 0 Å². The zero-order valence-corrected chi connectivity index (χ0v) is 12.4. The summed E-state index contributed by atoms with van der Waals surface area (Å²) in [6, 6.07) is 4.12. The Hall–Kier alpha value is -1.55. The maximum atomic E-state index is 5.81. The van der Waals surface area contributed by atoms with Crippen molar-refractivity contribution >= 4 is 0 Å². The highest BCUT2D eigenvalue weighted by molar-refractivity contribution is 5.21. The van der Waals surface area contributed by atoms with Crippen molar-refractivity contribution in [1.82, 2.24) is 15.1 Å². The number of rotatable bonds is 4. The zero-order chi connectivity index (χ0) is 14.0. The first kappa shape index (κ1) is 13.9. The van der Waals surface area contributed by atoms with E-state index in [0.717, 1.165) is 23.8 Å². The Morgan fingerprint density at radius 3 is 2.63 bits per heavy atom. The molecule has 0 aliphatic carbocycles. The van der Waals surface area contributed by atoms with Gasteiger partial charge in [0.2, 0.25) is 0 Å². The van der Waals surface area contributed by atoms with Gasteiger partial charge >= 0.3 is 0 Å². The third-order valence-corrected chi connectivity index (χ3v) is 3.12. The van der Waals surface area contributed by atoms with Crippen molar-refractivity contribution in [3.05, 3.63) is 41.1 Å². The molecule has 0 saturated carbocycles. The second-order valence-electron chi connectivity index (χ2n) is 6.03. The van der Waals surface area contributed by atoms with Crippen molar-refractivity contribution in [3.8, 4) is 0 Å². The molecule has 0 aliphatic rings. The zero-order valence-electron chi connectivity index (χ0n) is 12.4. The van der Waals surface area contributed by atoms with E-state index >= 15 is 0 Å². The molecule has 0 spiro atoms. The van der Waals surface area contributed by atoms with Crippen LogP contribution in [0.3, 0.4) is 0 Å². The van der Waals surface area contributed by atoms with Crippen LogP contribution in [0.5, 0.6) is 0 Å². The van der Waals surface area contributed by atoms with Crippen LogP contribution in [-0.4, -0.2) is 15.3 Å². The quantitative estimate of drug-likeness (QED) is 0.920. The number of hydrogen-bond donors (Lipinski definition) is 1. The first-order chi connectivity index (χ1) is 8.85. The van der Waals surface area contributed by atoms with Gasteiger partial charge in [-0.05, 0) is 46.8 Å². The third-order valence-electron chi connectivity index (χ3n) is 3.12. The van der Waals surface area contributed by atoms with E-state index in [1.807, 2.05) is 30.8 Å². The Morgan fingerprint density at radius 2 is 2.05 bits per heavy atom. The molecule has 0 bridgehead atoms. The van der Waals surface area contributed by atoms with Crippen LogP contribution < -0.4 is 5.32 Å². The molecule has 2 aromatic heterocycles. The first-order valence-electron chi connectivity index (χ1n) is 6.67. The average Bonchev–Trinajstić information content (AvgIpc) is 2.83. The molecule has 0 aliphatic heterocycles. The SMILES string of the molecule is Cc1oc(Cn2nccc2C)cc1CNC(C)(C)C. The minimum absolute atomic E-state index is 0.114. The Labute approximate surface area is 114 Å². The maximum absolute atomic E-state index is 5.81. The Kier molecular flexibility index (Phi) is 3.80. The molecule has 4 heteroatoms. The molecular weight excluding hydrogens is 238 g/mol. The van der Waals surface area contributed by atoms with Gasteiger partial charge in [0.1, 0.15) is 11.5 Å². The van der Waals surface area contributed by atoms with Gasteiger partial charge in [0.25, 0.3) is 0 Å². The molecular formula is C15H23N3O. The van der Waals surface area contributed by atoms with Crippen molar-refractivity contribution < 1.29 is 4.42 Å². The summed E-state index contributed by atoms with van der Waals surface area (Å²) in [5.74, 6) is 1.94. The fourth-order valence-corrected chi connectivity index (χ4v) is 1.91. The molecule has 0 amide bonds. The standard InChI is InChI=1S/C15H23N3O/c1-11-6-7-17-18(11)10-14-8-13(12(2)19-14)9-16-15(3,4)5/h6-8,16H,9-10H2,1-5H3. The molecule has 1 N–H and O–H groups in total. The van der Waals surface area contributed by atoms with Crippen LogP contribution >= 0.6 is 0 Å². The second kappa shape index (κ2) is 5.21. The third kappa shape index (κ3) is 3.70. The van der Waals surface area contributed by atoms with Gasteiger partial charge < -0.3 is 9.73 Å². The van der Waals surface area contributed by atoms with Crippen molar-refractivity contribution in [1.29, 1.82) is 0 Å². The van der Waals surface area contributed by atoms with Gasteiger partial charge in [-0.25, -0.2) is 0 Å². The molecule has 0 saturated heterocycles. The minimum atomic E-state index is 0.114. The number of aromatic nitrogens is 2. The molecule has 0 atom stereocenters. The maximum Gasteiger partial charge on any atom is 0.125 e. The summed E-state index contributed by atoms with van der Waals surface area (Å²) in [7, 11) is 0. The molecule has 2 rings (SSSR count). The van der Waals surface area contributed by atoms with Gasteiger partial charge in [0, 0.05) is 29.5 Å². The number of nitrogens with zero attached hydrogens (tertiary/aromatic N) is 2. The summed E-state index contributed by atoms with van der Waals surface area (Å²) in [6.45, 7) is 12.1. The normalized spacial score (nSPS) is 12.1. The highest BCUT2D eigenvalue weighted by Crippen LogP contribution is 2.17. The summed E-state index contributed by atoms with van der Waals surface area (Å²) in [6.07, 6.45) is 1.81. The lowest BCUT2D eigenvalue weighted by atomic mass is 10.1. The Bertz CT molecular complexity index is 546. The molecule has 0 radical (unpaired) electrons. The van der Waals surface area contributed by atoms with Gasteiger partial charge in [-0.15, -0.1) is 0 Å². The summed E-state index contributed by atoms with van der Waals surface area (Å²) >= 11 is 0. The fourth-order valence-electron chi connectivity index (χ4n) is 1.91. The smallest absolute Gasteiger partial charge is 0.125 e. The van der Waals surface area contributed by atoms with E-state index in [0.29, 0.717) is 6.54 Å². The van der Waals surface area contributed by atoms with E-state index < -0.39 is 0 Å². The van der Waals surface area contributed by atoms with Gasteiger partial charge in [-0.3, -0.25) is 4.68 Å². The van der Waals surface area contributed by atoms with Crippen LogP contribution in [0.1, 0.15) is 43.5 Å². The number of aryl methyl sites for hydroxylation is 2. The summed E-state index contributed by atoms with van der Waals surface area (Å²) in [5.41, 5.74) is 2.47. The first-order valence-corrected chi connectivity index (χ1v) is 6.67. The van der Waals surface area contributed by atoms with Crippen LogP contribution in [0.15, 0.2) is 22.7 Å². The number of furan rings is 1. The van der Waals surface area contributed by atoms with Crippen LogP contribution in [0, 0.1) is 13.8 Å². The lowest BCUT2D eigenvalue weighted by Crippen LogP contribution is -2.35. The number of hydrogen-bond acceptors (Lipinski definition) is 3. The summed E-state index contributed by atoms with van der Waals surface area (Å²) in [5, 5.41) is 7.76. The molecule has 0 unspecified atom stereocenters. The van der Waals surface area contributed by atoms with Crippen molar-refractivity contribution in [2.75, 3.05) is 0 Å². The Balaban J connectivity index is 2.06. The molecule has 2 aromatic rings. The van der Waals surface area contributed by atoms with Gasteiger partial charge in [0.15, 0.2) is 0 Å². The molecule has 4 nitrogen and oxygen atoms in total. The minimum Gasteiger partial charge on any atom is -0.464 e. The van der Waals surface area contributed by atoms with Crippen LogP contribution in [0.2, 0.25) is 0 Å². The van der Waals surface area contributed by atoms with Crippen molar-refractivity contribution in [2.45, 2.75) is 53.2 Å². The van der Waals surface area contributed by atoms with Crippen LogP contribution in [-0.2, 0) is 13.1 Å². The van der Waals surface area contributed by atoms with Gasteiger partial charge in [-0.2, -0.15) is 5.10 Å². The van der Waals surface area contributed by atoms with Crippen molar-refractivity contribution in [2.24, 2.45) is 0 Å². The fraction of sp³-hybridized carbons (Fsp3) is 0.533. The van der Waals surface area contributed by atoms with E-state index in [9.17, 15) is 0 Å². The molecule has 19 heavy (non-hydrogen) atoms. The lowest BCUT2D eigenvalue weighted by molar-refractivity contribution is 0.418. The van der Waals surface area contributed by atoms with E-state index in [-0.39, 0.29) is 5.54 Å². The topological polar surface area (TPSA) is 43.0 Å². The van der Waals surface area contributed by atoms with Crippen molar-refractivity contribution in [3.63, 3.8) is 0 Å². The molecule has 104 valence electrons. The second-order valence-corrected chi connectivity index (χ2v) is 6.03. The Morgan fingerprint density at radius 1 is 1.32 bits per heavy atom. The molecule has 0 aromatic carbocycles. The monoisotopic (exact) mass is 261 g/mol. The number of nitrogens with one attached hydrogen (secondary N) is 1. The highest BCUT2D eigenvalue weighted by Gasteiger charge is 2.13. The van der Waals surface area contributed by atoms with Gasteiger partial charge in [0.05, 0.1) is 6.54 Å². The van der Waals surface area contributed by atoms with E-state index in [4.69, 9.17) is 4.42 Å². The van der Waals surface area contributed by atoms with E-state index in [1.165, 1.54) is 5.56 Å². The van der Waals surface area contributed by atoms with Crippen LogP contribution in [0.25, 0.3) is 0 Å². The summed E-state index contributed by atoms with van der Waals surface area (Å²) < 4.78 is 7.75. The molecule has 0 fully saturated rings. The largest absolute Gasteiger partial charge is 0.464 e. The highest BCUT2D eigenvalue weighted by atomic mass is 16.3.